The van der Waals surface area contributed by atoms with E-state index in [1.54, 1.807) is 0 Å². The second-order valence-corrected chi connectivity index (χ2v) is 6.86. The number of hydrogen-bond acceptors (Lipinski definition) is 3. The Morgan fingerprint density at radius 1 is 1.04 bits per heavy atom. The molecule has 2 aliphatic rings. The standard InChI is InChI=1S/C21H21NO4/c23-20(12-19-17-8-4-3-5-14(17)9-10-26-19)22-13-16-7-2-1-6-15(16)11-18(22)21(24)25/h1-8,18-19H,9-13H2,(H,24,25)/t18-,19+/m1/s1. The summed E-state index contributed by atoms with van der Waals surface area (Å²) in [6, 6.07) is 14.9. The van der Waals surface area contributed by atoms with Crippen LogP contribution >= 0.6 is 0 Å². The van der Waals surface area contributed by atoms with E-state index in [1.165, 1.54) is 10.5 Å². The first-order valence-corrected chi connectivity index (χ1v) is 8.92. The molecule has 0 aliphatic carbocycles. The number of nitrogens with zero attached hydrogens (tertiary/aromatic N) is 1. The lowest BCUT2D eigenvalue weighted by Crippen LogP contribution is -2.49. The molecule has 5 heteroatoms. The molecule has 0 bridgehead atoms. The predicted octanol–water partition coefficient (Wildman–Crippen LogP) is 2.73. The third-order valence-corrected chi connectivity index (χ3v) is 5.31. The molecule has 0 radical (unpaired) electrons. The van der Waals surface area contributed by atoms with E-state index >= 15 is 0 Å². The molecule has 0 spiro atoms. The summed E-state index contributed by atoms with van der Waals surface area (Å²) >= 11 is 0. The van der Waals surface area contributed by atoms with Crippen molar-refractivity contribution in [2.24, 2.45) is 0 Å². The fourth-order valence-corrected chi connectivity index (χ4v) is 3.93. The molecule has 0 aromatic heterocycles. The Morgan fingerprint density at radius 3 is 2.50 bits per heavy atom. The van der Waals surface area contributed by atoms with Gasteiger partial charge in [0.15, 0.2) is 0 Å². The summed E-state index contributed by atoms with van der Waals surface area (Å²) < 4.78 is 5.84. The summed E-state index contributed by atoms with van der Waals surface area (Å²) in [6.45, 7) is 0.917. The Kier molecular flexibility index (Phi) is 4.47. The van der Waals surface area contributed by atoms with Gasteiger partial charge in [-0.3, -0.25) is 4.79 Å². The average Bonchev–Trinajstić information content (AvgIpc) is 2.67. The summed E-state index contributed by atoms with van der Waals surface area (Å²) in [5.74, 6) is -1.13. The van der Waals surface area contributed by atoms with E-state index < -0.39 is 12.0 Å². The molecular weight excluding hydrogens is 330 g/mol. The normalized spacial score (nSPS) is 21.6. The molecule has 1 amide bonds. The summed E-state index contributed by atoms with van der Waals surface area (Å²) in [4.78, 5) is 26.2. The van der Waals surface area contributed by atoms with E-state index in [9.17, 15) is 14.7 Å². The molecule has 1 N–H and O–H groups in total. The van der Waals surface area contributed by atoms with Crippen LogP contribution in [0, 0.1) is 0 Å². The van der Waals surface area contributed by atoms with Crippen LogP contribution in [0.15, 0.2) is 48.5 Å². The summed E-state index contributed by atoms with van der Waals surface area (Å²) in [5.41, 5.74) is 4.26. The molecule has 2 aliphatic heterocycles. The number of ether oxygens (including phenoxy) is 1. The predicted molar refractivity (Wildman–Crippen MR) is 95.6 cm³/mol. The highest BCUT2D eigenvalue weighted by Crippen LogP contribution is 2.32. The van der Waals surface area contributed by atoms with Crippen LogP contribution in [-0.4, -0.2) is 34.5 Å². The Hall–Kier alpha value is -2.66. The number of carboxylic acid groups (broad SMARTS) is 1. The summed E-state index contributed by atoms with van der Waals surface area (Å²) in [7, 11) is 0. The van der Waals surface area contributed by atoms with Crippen molar-refractivity contribution >= 4 is 11.9 Å². The lowest BCUT2D eigenvalue weighted by molar-refractivity contribution is -0.152. The first-order valence-electron chi connectivity index (χ1n) is 8.92. The number of fused-ring (bicyclic) bond motifs is 2. The van der Waals surface area contributed by atoms with Crippen LogP contribution < -0.4 is 0 Å². The molecule has 2 atom stereocenters. The van der Waals surface area contributed by atoms with Crippen molar-refractivity contribution in [3.8, 4) is 0 Å². The van der Waals surface area contributed by atoms with E-state index in [0.29, 0.717) is 19.6 Å². The quantitative estimate of drug-likeness (QED) is 0.923. The van der Waals surface area contributed by atoms with Gasteiger partial charge in [-0.1, -0.05) is 48.5 Å². The highest BCUT2D eigenvalue weighted by atomic mass is 16.5. The zero-order valence-corrected chi connectivity index (χ0v) is 14.4. The molecule has 26 heavy (non-hydrogen) atoms. The highest BCUT2D eigenvalue weighted by Gasteiger charge is 2.36. The number of carboxylic acids is 1. The first kappa shape index (κ1) is 16.8. The third-order valence-electron chi connectivity index (χ3n) is 5.31. The van der Waals surface area contributed by atoms with Crippen LogP contribution in [0.2, 0.25) is 0 Å². The lowest BCUT2D eigenvalue weighted by atomic mass is 9.92. The van der Waals surface area contributed by atoms with Crippen LogP contribution in [0.4, 0.5) is 0 Å². The van der Waals surface area contributed by atoms with Crippen LogP contribution in [-0.2, 0) is 33.7 Å². The van der Waals surface area contributed by atoms with Gasteiger partial charge >= 0.3 is 5.97 Å². The van der Waals surface area contributed by atoms with Crippen molar-refractivity contribution in [3.63, 3.8) is 0 Å². The Labute approximate surface area is 152 Å². The molecule has 0 fully saturated rings. The van der Waals surface area contributed by atoms with Gasteiger partial charge in [0.2, 0.25) is 5.91 Å². The number of hydrogen-bond donors (Lipinski definition) is 1. The summed E-state index contributed by atoms with van der Waals surface area (Å²) in [6.07, 6.45) is 1.05. The second-order valence-electron chi connectivity index (χ2n) is 6.86. The summed E-state index contributed by atoms with van der Waals surface area (Å²) in [5, 5.41) is 9.62. The molecule has 2 heterocycles. The van der Waals surface area contributed by atoms with Gasteiger partial charge < -0.3 is 14.7 Å². The van der Waals surface area contributed by atoms with Gasteiger partial charge in [-0.2, -0.15) is 0 Å². The number of benzene rings is 2. The first-order chi connectivity index (χ1) is 12.6. The Bertz CT molecular complexity index is 847. The fraction of sp³-hybridized carbons (Fsp3) is 0.333. The number of rotatable bonds is 3. The molecule has 0 unspecified atom stereocenters. The average molecular weight is 351 g/mol. The molecule has 5 nitrogen and oxygen atoms in total. The van der Waals surface area contributed by atoms with Crippen LogP contribution in [0.5, 0.6) is 0 Å². The van der Waals surface area contributed by atoms with E-state index in [-0.39, 0.29) is 18.4 Å². The van der Waals surface area contributed by atoms with Crippen LogP contribution in [0.1, 0.15) is 34.8 Å². The molecule has 2 aromatic rings. The van der Waals surface area contributed by atoms with Crippen LogP contribution in [0.3, 0.4) is 0 Å². The van der Waals surface area contributed by atoms with Crippen LogP contribution in [0.25, 0.3) is 0 Å². The lowest BCUT2D eigenvalue weighted by Gasteiger charge is -2.36. The van der Waals surface area contributed by atoms with Gasteiger partial charge in [-0.05, 0) is 28.7 Å². The molecule has 4 rings (SSSR count). The van der Waals surface area contributed by atoms with Crippen molar-refractivity contribution in [1.82, 2.24) is 4.90 Å². The van der Waals surface area contributed by atoms with Gasteiger partial charge in [-0.25, -0.2) is 4.79 Å². The van der Waals surface area contributed by atoms with Gasteiger partial charge in [0.05, 0.1) is 19.1 Å². The smallest absolute Gasteiger partial charge is 0.326 e. The highest BCUT2D eigenvalue weighted by molar-refractivity contribution is 5.85. The van der Waals surface area contributed by atoms with Gasteiger partial charge in [-0.15, -0.1) is 0 Å². The fourth-order valence-electron chi connectivity index (χ4n) is 3.93. The maximum atomic E-state index is 13.0. The van der Waals surface area contributed by atoms with Crippen molar-refractivity contribution in [3.05, 3.63) is 70.8 Å². The second kappa shape index (κ2) is 6.92. The maximum Gasteiger partial charge on any atom is 0.326 e. The van der Waals surface area contributed by atoms with E-state index in [0.717, 1.165) is 23.1 Å². The van der Waals surface area contributed by atoms with Crippen molar-refractivity contribution in [2.45, 2.75) is 38.0 Å². The number of aliphatic carboxylic acids is 1. The van der Waals surface area contributed by atoms with Crippen molar-refractivity contribution < 1.29 is 19.4 Å². The molecule has 2 aromatic carbocycles. The molecule has 0 saturated carbocycles. The van der Waals surface area contributed by atoms with Crippen molar-refractivity contribution in [1.29, 1.82) is 0 Å². The van der Waals surface area contributed by atoms with E-state index in [1.807, 2.05) is 42.5 Å². The minimum absolute atomic E-state index is 0.170. The third kappa shape index (κ3) is 3.10. The molecule has 134 valence electrons. The largest absolute Gasteiger partial charge is 0.480 e. The number of carbonyl (C=O) groups excluding carboxylic acids is 1. The Morgan fingerprint density at radius 2 is 1.73 bits per heavy atom. The Balaban J connectivity index is 1.57. The minimum Gasteiger partial charge on any atom is -0.480 e. The topological polar surface area (TPSA) is 66.8 Å². The zero-order chi connectivity index (χ0) is 18.1. The number of amides is 1. The monoisotopic (exact) mass is 351 g/mol. The minimum atomic E-state index is -0.960. The van der Waals surface area contributed by atoms with Crippen molar-refractivity contribution in [2.75, 3.05) is 6.61 Å². The number of carbonyl (C=O) groups is 2. The zero-order valence-electron chi connectivity index (χ0n) is 14.4. The van der Waals surface area contributed by atoms with Gasteiger partial charge in [0.25, 0.3) is 0 Å². The van der Waals surface area contributed by atoms with Gasteiger partial charge in [0.1, 0.15) is 6.04 Å². The molecular formula is C21H21NO4. The van der Waals surface area contributed by atoms with E-state index in [2.05, 4.69) is 6.07 Å². The SMILES string of the molecule is O=C(O)[C@H]1Cc2ccccc2CN1C(=O)C[C@@H]1OCCc2ccccc21. The van der Waals surface area contributed by atoms with E-state index in [4.69, 9.17) is 4.74 Å². The molecule has 0 saturated heterocycles. The van der Waals surface area contributed by atoms with Gasteiger partial charge in [0, 0.05) is 13.0 Å². The maximum absolute atomic E-state index is 13.0.